The highest BCUT2D eigenvalue weighted by molar-refractivity contribution is 7.89. The molecule has 6 nitrogen and oxygen atoms in total. The molecule has 1 rings (SSSR count). The Morgan fingerprint density at radius 2 is 1.85 bits per heavy atom. The van der Waals surface area contributed by atoms with E-state index in [1.165, 1.54) is 21.3 Å². The standard InChI is InChI=1S/C13H21NO5S/c1-5-20(16,17)14(2)9-11(15)10-6-7-12(18-3)13(8-10)19-4/h6-8,11,15H,5,9H2,1-4H3. The molecule has 0 bridgehead atoms. The van der Waals surface area contributed by atoms with E-state index in [1.807, 2.05) is 0 Å². The van der Waals surface area contributed by atoms with Crippen molar-refractivity contribution in [2.75, 3.05) is 33.6 Å². The van der Waals surface area contributed by atoms with Crippen molar-refractivity contribution in [3.05, 3.63) is 23.8 Å². The third-order valence-electron chi connectivity index (χ3n) is 3.06. The average molecular weight is 303 g/mol. The quantitative estimate of drug-likeness (QED) is 0.814. The first-order valence-electron chi connectivity index (χ1n) is 6.19. The number of hydrogen-bond acceptors (Lipinski definition) is 5. The van der Waals surface area contributed by atoms with Crippen LogP contribution in [0.4, 0.5) is 0 Å². The molecular weight excluding hydrogens is 282 g/mol. The van der Waals surface area contributed by atoms with E-state index in [2.05, 4.69) is 0 Å². The van der Waals surface area contributed by atoms with Crippen molar-refractivity contribution in [1.82, 2.24) is 4.31 Å². The van der Waals surface area contributed by atoms with Crippen LogP contribution < -0.4 is 9.47 Å². The average Bonchev–Trinajstić information content (AvgIpc) is 2.46. The smallest absolute Gasteiger partial charge is 0.213 e. The van der Waals surface area contributed by atoms with Crippen LogP contribution in [0, 0.1) is 0 Å². The molecule has 0 saturated carbocycles. The summed E-state index contributed by atoms with van der Waals surface area (Å²) in [6, 6.07) is 4.99. The summed E-state index contributed by atoms with van der Waals surface area (Å²) in [4.78, 5) is 0. The van der Waals surface area contributed by atoms with Crippen molar-refractivity contribution in [3.63, 3.8) is 0 Å². The molecule has 1 aromatic rings. The summed E-state index contributed by atoms with van der Waals surface area (Å²) < 4.78 is 34.7. The molecule has 1 atom stereocenters. The van der Waals surface area contributed by atoms with Crippen molar-refractivity contribution in [2.45, 2.75) is 13.0 Å². The van der Waals surface area contributed by atoms with Gasteiger partial charge in [-0.25, -0.2) is 12.7 Å². The summed E-state index contributed by atoms with van der Waals surface area (Å²) in [6.45, 7) is 1.56. The predicted molar refractivity (Wildman–Crippen MR) is 76.6 cm³/mol. The van der Waals surface area contributed by atoms with E-state index in [9.17, 15) is 13.5 Å². The maximum absolute atomic E-state index is 11.7. The molecule has 114 valence electrons. The zero-order valence-corrected chi connectivity index (χ0v) is 13.0. The number of aliphatic hydroxyl groups excluding tert-OH is 1. The monoisotopic (exact) mass is 303 g/mol. The number of rotatable bonds is 7. The Hall–Kier alpha value is -1.31. The van der Waals surface area contributed by atoms with Gasteiger partial charge in [-0.1, -0.05) is 6.07 Å². The molecule has 0 spiro atoms. The van der Waals surface area contributed by atoms with Crippen LogP contribution >= 0.6 is 0 Å². The lowest BCUT2D eigenvalue weighted by Crippen LogP contribution is -2.32. The minimum Gasteiger partial charge on any atom is -0.493 e. The van der Waals surface area contributed by atoms with E-state index in [4.69, 9.17) is 9.47 Å². The van der Waals surface area contributed by atoms with Crippen LogP contribution in [0.1, 0.15) is 18.6 Å². The van der Waals surface area contributed by atoms with Crippen molar-refractivity contribution in [2.24, 2.45) is 0 Å². The Balaban J connectivity index is 2.90. The van der Waals surface area contributed by atoms with Gasteiger partial charge in [0, 0.05) is 13.6 Å². The molecule has 0 amide bonds. The second-order valence-corrected chi connectivity index (χ2v) is 6.68. The third-order valence-corrected chi connectivity index (χ3v) is 4.89. The summed E-state index contributed by atoms with van der Waals surface area (Å²) in [6.07, 6.45) is -0.930. The second kappa shape index (κ2) is 6.92. The van der Waals surface area contributed by atoms with Crippen molar-refractivity contribution >= 4 is 10.0 Å². The van der Waals surface area contributed by atoms with E-state index in [0.717, 1.165) is 4.31 Å². The van der Waals surface area contributed by atoms with E-state index >= 15 is 0 Å². The van der Waals surface area contributed by atoms with Crippen molar-refractivity contribution < 1.29 is 23.0 Å². The second-order valence-electron chi connectivity index (χ2n) is 4.31. The lowest BCUT2D eigenvalue weighted by molar-refractivity contribution is 0.154. The fraction of sp³-hybridized carbons (Fsp3) is 0.538. The molecule has 20 heavy (non-hydrogen) atoms. The van der Waals surface area contributed by atoms with Crippen LogP contribution in [0.5, 0.6) is 11.5 Å². The highest BCUT2D eigenvalue weighted by Gasteiger charge is 2.20. The Bertz CT molecular complexity index is 544. The third kappa shape index (κ3) is 3.84. The number of benzene rings is 1. The van der Waals surface area contributed by atoms with Crippen LogP contribution in [0.25, 0.3) is 0 Å². The lowest BCUT2D eigenvalue weighted by atomic mass is 10.1. The molecule has 1 aromatic carbocycles. The first-order valence-corrected chi connectivity index (χ1v) is 7.80. The van der Waals surface area contributed by atoms with Gasteiger partial charge < -0.3 is 14.6 Å². The van der Waals surface area contributed by atoms with E-state index in [1.54, 1.807) is 25.1 Å². The van der Waals surface area contributed by atoms with Gasteiger partial charge in [0.25, 0.3) is 0 Å². The van der Waals surface area contributed by atoms with Crippen LogP contribution in [0.2, 0.25) is 0 Å². The van der Waals surface area contributed by atoms with Gasteiger partial charge >= 0.3 is 0 Å². The van der Waals surface area contributed by atoms with Crippen LogP contribution in [0.15, 0.2) is 18.2 Å². The highest BCUT2D eigenvalue weighted by atomic mass is 32.2. The summed E-state index contributed by atoms with van der Waals surface area (Å²) in [5.74, 6) is 1.05. The molecule has 0 radical (unpaired) electrons. The molecule has 1 N–H and O–H groups in total. The fourth-order valence-corrected chi connectivity index (χ4v) is 2.55. The number of hydrogen-bond donors (Lipinski definition) is 1. The largest absolute Gasteiger partial charge is 0.493 e. The lowest BCUT2D eigenvalue weighted by Gasteiger charge is -2.20. The van der Waals surface area contributed by atoms with Gasteiger partial charge in [0.15, 0.2) is 11.5 Å². The SMILES string of the molecule is CCS(=O)(=O)N(C)CC(O)c1ccc(OC)c(OC)c1. The molecule has 7 heteroatoms. The number of sulfonamides is 1. The Morgan fingerprint density at radius 3 is 2.35 bits per heavy atom. The van der Waals surface area contributed by atoms with Crippen LogP contribution in [-0.2, 0) is 10.0 Å². The first-order chi connectivity index (χ1) is 9.35. The number of ether oxygens (including phenoxy) is 2. The number of likely N-dealkylation sites (N-methyl/N-ethyl adjacent to an activating group) is 1. The number of nitrogens with zero attached hydrogens (tertiary/aromatic N) is 1. The molecule has 1 unspecified atom stereocenters. The topological polar surface area (TPSA) is 76.1 Å². The molecule has 0 aliphatic carbocycles. The molecule has 0 aliphatic rings. The minimum atomic E-state index is -3.31. The Kier molecular flexibility index (Phi) is 5.79. The highest BCUT2D eigenvalue weighted by Crippen LogP contribution is 2.30. The van der Waals surface area contributed by atoms with Gasteiger partial charge in [-0.3, -0.25) is 0 Å². The van der Waals surface area contributed by atoms with Crippen molar-refractivity contribution in [1.29, 1.82) is 0 Å². The Morgan fingerprint density at radius 1 is 1.25 bits per heavy atom. The van der Waals surface area contributed by atoms with Crippen LogP contribution in [0.3, 0.4) is 0 Å². The summed E-state index contributed by atoms with van der Waals surface area (Å²) in [5, 5.41) is 10.1. The van der Waals surface area contributed by atoms with Gasteiger partial charge in [-0.05, 0) is 24.6 Å². The maximum Gasteiger partial charge on any atom is 0.213 e. The number of methoxy groups -OCH3 is 2. The van der Waals surface area contributed by atoms with Gasteiger partial charge in [0.2, 0.25) is 10.0 Å². The van der Waals surface area contributed by atoms with Gasteiger partial charge in [0.05, 0.1) is 26.1 Å². The molecule has 0 fully saturated rings. The maximum atomic E-state index is 11.7. The summed E-state index contributed by atoms with van der Waals surface area (Å²) in [5.41, 5.74) is 0.570. The van der Waals surface area contributed by atoms with Crippen LogP contribution in [-0.4, -0.2) is 51.4 Å². The van der Waals surface area contributed by atoms with Crippen molar-refractivity contribution in [3.8, 4) is 11.5 Å². The normalized spacial score (nSPS) is 13.3. The predicted octanol–water partition coefficient (Wildman–Crippen LogP) is 1.02. The zero-order chi connectivity index (χ0) is 15.3. The number of aliphatic hydroxyl groups is 1. The zero-order valence-electron chi connectivity index (χ0n) is 12.2. The van der Waals surface area contributed by atoms with E-state index in [-0.39, 0.29) is 12.3 Å². The van der Waals surface area contributed by atoms with Gasteiger partial charge in [-0.2, -0.15) is 0 Å². The van der Waals surface area contributed by atoms with Gasteiger partial charge in [0.1, 0.15) is 0 Å². The van der Waals surface area contributed by atoms with E-state index < -0.39 is 16.1 Å². The van der Waals surface area contributed by atoms with E-state index in [0.29, 0.717) is 17.1 Å². The molecule has 0 heterocycles. The molecular formula is C13H21NO5S. The van der Waals surface area contributed by atoms with Gasteiger partial charge in [-0.15, -0.1) is 0 Å². The molecule has 0 aromatic heterocycles. The fourth-order valence-electron chi connectivity index (χ4n) is 1.74. The molecule has 0 saturated heterocycles. The first kappa shape index (κ1) is 16.7. The summed E-state index contributed by atoms with van der Waals surface area (Å²) in [7, 11) is 1.16. The molecule has 0 aliphatic heterocycles. The summed E-state index contributed by atoms with van der Waals surface area (Å²) >= 11 is 0. The Labute approximate surface area is 120 Å². The minimum absolute atomic E-state index is 0.00214.